The minimum atomic E-state index is -0.145. The Kier molecular flexibility index (Phi) is 7.18. The smallest absolute Gasteiger partial charge is 0.261 e. The number of rotatable bonds is 5. The molecule has 2 N–H and O–H groups in total. The van der Waals surface area contributed by atoms with Crippen LogP contribution in [0.15, 0.2) is 33.8 Å². The first-order chi connectivity index (χ1) is 10.4. The van der Waals surface area contributed by atoms with Crippen LogP contribution in [0.25, 0.3) is 10.9 Å². The largest absolute Gasteiger partial charge is 0.342 e. The third-order valence-electron chi connectivity index (χ3n) is 3.75. The van der Waals surface area contributed by atoms with Crippen LogP contribution < -0.4 is 11.3 Å². The second kappa shape index (κ2) is 8.42. The fourth-order valence-electron chi connectivity index (χ4n) is 2.09. The number of hydrogen-bond acceptors (Lipinski definition) is 4. The number of halogens is 2. The maximum absolute atomic E-state index is 12.4. The molecule has 1 aromatic heterocycles. The first kappa shape index (κ1) is 19.6. The fourth-order valence-corrected chi connectivity index (χ4v) is 2.45. The van der Waals surface area contributed by atoms with E-state index in [0.29, 0.717) is 24.0 Å². The normalized spacial score (nSPS) is 11.8. The minimum absolute atomic E-state index is 0. The van der Waals surface area contributed by atoms with Crippen molar-refractivity contribution in [3.63, 3.8) is 0 Å². The Balaban J connectivity index is 0.00000264. The number of carbonyl (C=O) groups is 1. The van der Waals surface area contributed by atoms with Gasteiger partial charge in [-0.15, -0.1) is 12.4 Å². The van der Waals surface area contributed by atoms with Crippen LogP contribution in [0.4, 0.5) is 0 Å². The Morgan fingerprint density at radius 2 is 2.17 bits per heavy atom. The second-order valence-electron chi connectivity index (χ2n) is 5.24. The van der Waals surface area contributed by atoms with Crippen LogP contribution >= 0.6 is 28.3 Å². The Bertz CT molecular complexity index is 750. The number of fused-ring (bicyclic) bond motifs is 1. The van der Waals surface area contributed by atoms with Crippen molar-refractivity contribution in [2.24, 2.45) is 5.73 Å². The summed E-state index contributed by atoms with van der Waals surface area (Å²) < 4.78 is 2.29. The summed E-state index contributed by atoms with van der Waals surface area (Å²) in [7, 11) is 1.72. The quantitative estimate of drug-likeness (QED) is 0.825. The molecule has 1 unspecified atom stereocenters. The molecule has 0 saturated heterocycles. The van der Waals surface area contributed by atoms with Gasteiger partial charge >= 0.3 is 0 Å². The number of aryl methyl sites for hydroxylation is 1. The number of amides is 1. The highest BCUT2D eigenvalue weighted by atomic mass is 79.9. The van der Waals surface area contributed by atoms with E-state index < -0.39 is 0 Å². The molecule has 0 aliphatic heterocycles. The number of hydrogen-bond donors (Lipinski definition) is 1. The zero-order chi connectivity index (χ0) is 16.3. The van der Waals surface area contributed by atoms with Crippen LogP contribution in [0.3, 0.4) is 0 Å². The average molecular weight is 404 g/mol. The lowest BCUT2D eigenvalue weighted by Crippen LogP contribution is -2.40. The molecule has 2 aromatic rings. The van der Waals surface area contributed by atoms with Gasteiger partial charge in [0.15, 0.2) is 0 Å². The average Bonchev–Trinajstić information content (AvgIpc) is 2.53. The van der Waals surface area contributed by atoms with Gasteiger partial charge in [0.05, 0.1) is 17.2 Å². The van der Waals surface area contributed by atoms with Crippen LogP contribution in [-0.4, -0.2) is 40.0 Å². The lowest BCUT2D eigenvalue weighted by atomic mass is 10.2. The van der Waals surface area contributed by atoms with E-state index in [1.54, 1.807) is 24.1 Å². The summed E-state index contributed by atoms with van der Waals surface area (Å²) >= 11 is 3.35. The summed E-state index contributed by atoms with van der Waals surface area (Å²) in [5.41, 5.74) is 6.05. The third kappa shape index (κ3) is 4.53. The van der Waals surface area contributed by atoms with E-state index in [4.69, 9.17) is 5.73 Å². The molecule has 0 aliphatic rings. The van der Waals surface area contributed by atoms with Crippen molar-refractivity contribution >= 4 is 45.1 Å². The van der Waals surface area contributed by atoms with Gasteiger partial charge in [-0.2, -0.15) is 0 Å². The molecule has 0 bridgehead atoms. The van der Waals surface area contributed by atoms with Crippen molar-refractivity contribution in [2.45, 2.75) is 25.9 Å². The van der Waals surface area contributed by atoms with Gasteiger partial charge < -0.3 is 10.6 Å². The second-order valence-corrected chi connectivity index (χ2v) is 6.16. The maximum atomic E-state index is 12.4. The van der Waals surface area contributed by atoms with E-state index in [9.17, 15) is 9.59 Å². The maximum Gasteiger partial charge on any atom is 0.261 e. The lowest BCUT2D eigenvalue weighted by Gasteiger charge is -2.23. The highest BCUT2D eigenvalue weighted by Gasteiger charge is 2.14. The van der Waals surface area contributed by atoms with Crippen LogP contribution in [0, 0.1) is 0 Å². The van der Waals surface area contributed by atoms with Gasteiger partial charge in [0.2, 0.25) is 5.91 Å². The minimum Gasteiger partial charge on any atom is -0.342 e. The number of carbonyl (C=O) groups excluding carboxylic acids is 1. The highest BCUT2D eigenvalue weighted by molar-refractivity contribution is 9.10. The molecule has 1 aromatic carbocycles. The predicted octanol–water partition coefficient (Wildman–Crippen LogP) is 1.78. The van der Waals surface area contributed by atoms with Gasteiger partial charge in [0, 0.05) is 37.1 Å². The standard InChI is InChI=1S/C15H19BrN4O2.ClH/c1-10(8-17)19(2)14(21)5-6-20-9-18-13-4-3-11(16)7-12(13)15(20)22;/h3-4,7,9-10H,5-6,8,17H2,1-2H3;1H. The van der Waals surface area contributed by atoms with Gasteiger partial charge in [-0.05, 0) is 25.1 Å². The number of nitrogens with zero attached hydrogens (tertiary/aromatic N) is 3. The van der Waals surface area contributed by atoms with Crippen LogP contribution in [0.1, 0.15) is 13.3 Å². The first-order valence-electron chi connectivity index (χ1n) is 7.04. The van der Waals surface area contributed by atoms with Gasteiger partial charge in [-0.1, -0.05) is 15.9 Å². The van der Waals surface area contributed by atoms with E-state index in [-0.39, 0.29) is 36.3 Å². The summed E-state index contributed by atoms with van der Waals surface area (Å²) in [5.74, 6) is -0.0424. The van der Waals surface area contributed by atoms with Crippen molar-refractivity contribution in [1.82, 2.24) is 14.5 Å². The molecule has 0 radical (unpaired) electrons. The molecule has 0 spiro atoms. The van der Waals surface area contributed by atoms with Crippen LogP contribution in [0.2, 0.25) is 0 Å². The molecule has 2 rings (SSSR count). The predicted molar refractivity (Wildman–Crippen MR) is 96.9 cm³/mol. The van der Waals surface area contributed by atoms with Crippen molar-refractivity contribution in [1.29, 1.82) is 0 Å². The molecule has 126 valence electrons. The molecule has 23 heavy (non-hydrogen) atoms. The molecule has 6 nitrogen and oxygen atoms in total. The SMILES string of the molecule is CC(CN)N(C)C(=O)CCn1cnc2ccc(Br)cc2c1=O.Cl. The zero-order valence-electron chi connectivity index (χ0n) is 13.0. The highest BCUT2D eigenvalue weighted by Crippen LogP contribution is 2.14. The molecule has 0 aliphatic carbocycles. The van der Waals surface area contributed by atoms with Gasteiger partial charge in [0.25, 0.3) is 5.56 Å². The molecular formula is C15H20BrClN4O2. The van der Waals surface area contributed by atoms with E-state index in [1.165, 1.54) is 10.9 Å². The van der Waals surface area contributed by atoms with E-state index >= 15 is 0 Å². The number of nitrogens with two attached hydrogens (primary N) is 1. The molecule has 1 amide bonds. The van der Waals surface area contributed by atoms with E-state index in [2.05, 4.69) is 20.9 Å². The molecular weight excluding hydrogens is 384 g/mol. The Morgan fingerprint density at radius 1 is 1.48 bits per heavy atom. The summed E-state index contributed by atoms with van der Waals surface area (Å²) in [4.78, 5) is 30.3. The van der Waals surface area contributed by atoms with E-state index in [1.807, 2.05) is 13.0 Å². The molecule has 8 heteroatoms. The number of aromatic nitrogens is 2. The third-order valence-corrected chi connectivity index (χ3v) is 4.24. The molecule has 1 heterocycles. The van der Waals surface area contributed by atoms with E-state index in [0.717, 1.165) is 4.47 Å². The lowest BCUT2D eigenvalue weighted by molar-refractivity contribution is -0.131. The Hall–Kier alpha value is -1.44. The summed E-state index contributed by atoms with van der Waals surface area (Å²) in [6.07, 6.45) is 1.72. The zero-order valence-corrected chi connectivity index (χ0v) is 15.4. The first-order valence-corrected chi connectivity index (χ1v) is 7.83. The summed E-state index contributed by atoms with van der Waals surface area (Å²) in [5, 5.41) is 0.535. The molecule has 0 saturated carbocycles. The molecule has 0 fully saturated rings. The van der Waals surface area contributed by atoms with Crippen molar-refractivity contribution in [2.75, 3.05) is 13.6 Å². The van der Waals surface area contributed by atoms with Crippen LogP contribution in [0.5, 0.6) is 0 Å². The van der Waals surface area contributed by atoms with Crippen molar-refractivity contribution in [3.8, 4) is 0 Å². The number of benzene rings is 1. The van der Waals surface area contributed by atoms with Gasteiger partial charge in [0.1, 0.15) is 0 Å². The fraction of sp³-hybridized carbons (Fsp3) is 0.400. The molecule has 1 atom stereocenters. The van der Waals surface area contributed by atoms with Crippen molar-refractivity contribution in [3.05, 3.63) is 39.4 Å². The van der Waals surface area contributed by atoms with Crippen LogP contribution in [-0.2, 0) is 11.3 Å². The summed E-state index contributed by atoms with van der Waals surface area (Å²) in [6, 6.07) is 5.35. The topological polar surface area (TPSA) is 81.2 Å². The van der Waals surface area contributed by atoms with Gasteiger partial charge in [-0.25, -0.2) is 4.98 Å². The monoisotopic (exact) mass is 402 g/mol. The Labute approximate surface area is 149 Å². The van der Waals surface area contributed by atoms with Gasteiger partial charge in [-0.3, -0.25) is 14.2 Å². The number of likely N-dealkylation sites (N-methyl/N-ethyl adjacent to an activating group) is 1. The summed E-state index contributed by atoms with van der Waals surface area (Å²) in [6.45, 7) is 2.60. The van der Waals surface area contributed by atoms with Crippen molar-refractivity contribution < 1.29 is 4.79 Å². The Morgan fingerprint density at radius 3 is 2.83 bits per heavy atom.